The Bertz CT molecular complexity index is 1400. The first kappa shape index (κ1) is 31.2. The summed E-state index contributed by atoms with van der Waals surface area (Å²) >= 11 is 0. The van der Waals surface area contributed by atoms with Crippen LogP contribution >= 0.6 is 0 Å². The van der Waals surface area contributed by atoms with Crippen LogP contribution in [0.5, 0.6) is 11.5 Å². The summed E-state index contributed by atoms with van der Waals surface area (Å²) in [5.74, 6) is -0.266. The van der Waals surface area contributed by atoms with Crippen LogP contribution in [0.2, 0.25) is 0 Å². The first-order chi connectivity index (χ1) is 20.5. The summed E-state index contributed by atoms with van der Waals surface area (Å²) in [5.41, 5.74) is -0.187. The zero-order valence-electron chi connectivity index (χ0n) is 22.5. The van der Waals surface area contributed by atoms with Crippen molar-refractivity contribution in [1.29, 1.82) is 0 Å². The van der Waals surface area contributed by atoms with Gasteiger partial charge in [-0.05, 0) is 54.6 Å². The fraction of sp³-hybridized carbons (Fsp3) is 0.286. The molecule has 1 fully saturated rings. The number of ether oxygens (including phenoxy) is 2. The van der Waals surface area contributed by atoms with Crippen LogP contribution in [-0.2, 0) is 6.18 Å². The lowest BCUT2D eigenvalue weighted by Gasteiger charge is -2.36. The summed E-state index contributed by atoms with van der Waals surface area (Å²) < 4.78 is 75.5. The van der Waals surface area contributed by atoms with Gasteiger partial charge in [0.25, 0.3) is 0 Å². The maximum Gasteiger partial charge on any atom is 0.418 e. The van der Waals surface area contributed by atoms with Crippen molar-refractivity contribution in [3.05, 3.63) is 72.3 Å². The number of piperazine rings is 1. The molecule has 1 heterocycles. The lowest BCUT2D eigenvalue weighted by molar-refractivity contribution is -0.137. The Hall–Kier alpha value is -4.79. The number of anilines is 4. The van der Waals surface area contributed by atoms with Crippen LogP contribution < -0.4 is 30.3 Å². The van der Waals surface area contributed by atoms with Crippen LogP contribution in [0.3, 0.4) is 0 Å². The number of aliphatic hydroxyl groups is 1. The molecule has 4 rings (SSSR count). The molecule has 230 valence electrons. The number of amides is 4. The fourth-order valence-corrected chi connectivity index (χ4v) is 4.29. The molecule has 0 aliphatic carbocycles. The molecule has 4 amide bonds. The highest BCUT2D eigenvalue weighted by Crippen LogP contribution is 2.37. The van der Waals surface area contributed by atoms with E-state index in [0.29, 0.717) is 18.8 Å². The number of nitrogens with zero attached hydrogens (tertiary/aromatic N) is 2. The van der Waals surface area contributed by atoms with Crippen LogP contribution in [0.4, 0.5) is 54.3 Å². The van der Waals surface area contributed by atoms with Gasteiger partial charge in [0.05, 0.1) is 23.5 Å². The van der Waals surface area contributed by atoms with Crippen molar-refractivity contribution in [3.8, 4) is 11.5 Å². The number of nitrogens with one attached hydrogen (secondary N) is 3. The van der Waals surface area contributed by atoms with Crippen LogP contribution in [0.15, 0.2) is 66.7 Å². The molecule has 15 heteroatoms. The monoisotopic (exact) mass is 609 g/mol. The Labute approximate surface area is 243 Å². The first-order valence-corrected chi connectivity index (χ1v) is 13.0. The number of benzene rings is 3. The number of halogens is 5. The number of hydrogen-bond donors (Lipinski definition) is 4. The Balaban J connectivity index is 1.30. The molecule has 0 spiro atoms. The maximum absolute atomic E-state index is 13.6. The molecule has 0 unspecified atom stereocenters. The summed E-state index contributed by atoms with van der Waals surface area (Å²) in [6.07, 6.45) is -4.74. The number of para-hydroxylation sites is 2. The van der Waals surface area contributed by atoms with E-state index in [2.05, 4.69) is 20.7 Å². The number of rotatable bonds is 9. The van der Waals surface area contributed by atoms with E-state index in [1.54, 1.807) is 30.3 Å². The van der Waals surface area contributed by atoms with E-state index in [9.17, 15) is 31.5 Å². The van der Waals surface area contributed by atoms with Crippen molar-refractivity contribution in [2.45, 2.75) is 12.8 Å². The van der Waals surface area contributed by atoms with Gasteiger partial charge in [-0.3, -0.25) is 0 Å². The predicted molar refractivity (Wildman–Crippen MR) is 149 cm³/mol. The highest BCUT2D eigenvalue weighted by atomic mass is 19.4. The number of hydrogen-bond acceptors (Lipinski definition) is 6. The largest absolute Gasteiger partial charge is 0.491 e. The third-order valence-corrected chi connectivity index (χ3v) is 6.31. The number of alkyl halides is 5. The predicted octanol–water partition coefficient (Wildman–Crippen LogP) is 5.68. The minimum absolute atomic E-state index is 0.0672. The molecule has 3 aromatic carbocycles. The lowest BCUT2D eigenvalue weighted by atomic mass is 10.1. The first-order valence-electron chi connectivity index (χ1n) is 13.0. The van der Waals surface area contributed by atoms with Gasteiger partial charge < -0.3 is 40.3 Å². The molecule has 43 heavy (non-hydrogen) atoms. The van der Waals surface area contributed by atoms with Gasteiger partial charge in [-0.25, -0.2) is 9.59 Å². The minimum Gasteiger partial charge on any atom is -0.491 e. The molecule has 0 bridgehead atoms. The van der Waals surface area contributed by atoms with Gasteiger partial charge in [0.2, 0.25) is 0 Å². The molecule has 0 saturated carbocycles. The van der Waals surface area contributed by atoms with Gasteiger partial charge in [0, 0.05) is 37.6 Å². The average molecular weight is 610 g/mol. The van der Waals surface area contributed by atoms with Gasteiger partial charge in [-0.15, -0.1) is 0 Å². The highest BCUT2D eigenvalue weighted by molar-refractivity contribution is 6.00. The molecule has 1 saturated heterocycles. The second-order valence-corrected chi connectivity index (χ2v) is 9.18. The summed E-state index contributed by atoms with van der Waals surface area (Å²) in [5, 5.41) is 16.2. The second-order valence-electron chi connectivity index (χ2n) is 9.18. The molecule has 0 radical (unpaired) electrons. The standard InChI is InChI=1S/C28H28F5N5O5/c29-25(30)43-24-4-2-1-3-23(24)35-26(40)34-18-5-7-19(8-6-18)37-11-13-38(14-12-37)27(41)36-22-10-9-20(42-16-15-39)17-21(22)28(31,32)33/h1-10,17,25,39H,11-16H2,(H,36,41)(H2,34,35,40). The summed E-state index contributed by atoms with van der Waals surface area (Å²) in [6.45, 7) is -2.28. The molecule has 4 N–H and O–H groups in total. The summed E-state index contributed by atoms with van der Waals surface area (Å²) in [7, 11) is 0. The normalized spacial score (nSPS) is 13.5. The Morgan fingerprint density at radius 1 is 0.884 bits per heavy atom. The molecular weight excluding hydrogens is 581 g/mol. The SMILES string of the molecule is O=C(Nc1ccc(N2CCN(C(=O)Nc3ccc(OCCO)cc3C(F)(F)F)CC2)cc1)Nc1ccccc1OC(F)F. The third-order valence-electron chi connectivity index (χ3n) is 6.31. The second kappa shape index (κ2) is 13.9. The van der Waals surface area contributed by atoms with Gasteiger partial charge in [0.1, 0.15) is 18.1 Å². The molecule has 0 aromatic heterocycles. The molecule has 1 aliphatic rings. The zero-order chi connectivity index (χ0) is 31.0. The van der Waals surface area contributed by atoms with E-state index in [1.807, 2.05) is 4.90 Å². The smallest absolute Gasteiger partial charge is 0.418 e. The topological polar surface area (TPSA) is 115 Å². The van der Waals surface area contributed by atoms with Gasteiger partial charge in [-0.1, -0.05) is 12.1 Å². The fourth-order valence-electron chi connectivity index (χ4n) is 4.29. The third kappa shape index (κ3) is 8.61. The van der Waals surface area contributed by atoms with E-state index in [-0.39, 0.29) is 43.5 Å². The Kier molecular flexibility index (Phi) is 10.1. The molecule has 10 nitrogen and oxygen atoms in total. The number of aliphatic hydroxyl groups excluding tert-OH is 1. The number of carbonyl (C=O) groups excluding carboxylic acids is 2. The molecule has 0 atom stereocenters. The van der Waals surface area contributed by atoms with Crippen LogP contribution in [0.25, 0.3) is 0 Å². The zero-order valence-corrected chi connectivity index (χ0v) is 22.5. The van der Waals surface area contributed by atoms with Crippen LogP contribution in [-0.4, -0.2) is 68.1 Å². The molecule has 3 aromatic rings. The average Bonchev–Trinajstić information content (AvgIpc) is 2.97. The highest BCUT2D eigenvalue weighted by Gasteiger charge is 2.35. The van der Waals surface area contributed by atoms with Crippen molar-refractivity contribution < 1.29 is 46.1 Å². The Morgan fingerprint density at radius 2 is 1.58 bits per heavy atom. The summed E-state index contributed by atoms with van der Waals surface area (Å²) in [6, 6.07) is 14.3. The minimum atomic E-state index is -4.74. The summed E-state index contributed by atoms with van der Waals surface area (Å²) in [4.78, 5) is 28.5. The van der Waals surface area contributed by atoms with Crippen molar-refractivity contribution in [2.24, 2.45) is 0 Å². The molecular formula is C28H28F5N5O5. The van der Waals surface area contributed by atoms with Crippen molar-refractivity contribution >= 4 is 34.8 Å². The van der Waals surface area contributed by atoms with E-state index >= 15 is 0 Å². The van der Waals surface area contributed by atoms with Crippen molar-refractivity contribution in [2.75, 3.05) is 60.2 Å². The van der Waals surface area contributed by atoms with E-state index in [0.717, 1.165) is 17.8 Å². The quantitative estimate of drug-likeness (QED) is 0.232. The Morgan fingerprint density at radius 3 is 2.23 bits per heavy atom. The maximum atomic E-state index is 13.6. The van der Waals surface area contributed by atoms with E-state index < -0.39 is 36.1 Å². The van der Waals surface area contributed by atoms with Crippen molar-refractivity contribution in [1.82, 2.24) is 4.90 Å². The van der Waals surface area contributed by atoms with Gasteiger partial charge in [0.15, 0.2) is 0 Å². The van der Waals surface area contributed by atoms with E-state index in [1.165, 1.54) is 29.2 Å². The number of urea groups is 2. The van der Waals surface area contributed by atoms with Crippen LogP contribution in [0, 0.1) is 0 Å². The van der Waals surface area contributed by atoms with Gasteiger partial charge in [-0.2, -0.15) is 22.0 Å². The lowest BCUT2D eigenvalue weighted by Crippen LogP contribution is -2.50. The van der Waals surface area contributed by atoms with E-state index in [4.69, 9.17) is 9.84 Å². The number of carbonyl (C=O) groups is 2. The molecule has 1 aliphatic heterocycles. The van der Waals surface area contributed by atoms with Crippen molar-refractivity contribution in [3.63, 3.8) is 0 Å². The van der Waals surface area contributed by atoms with Crippen LogP contribution in [0.1, 0.15) is 5.56 Å². The van der Waals surface area contributed by atoms with Gasteiger partial charge >= 0.3 is 24.9 Å².